The molecule has 0 radical (unpaired) electrons. The zero-order valence-corrected chi connectivity index (χ0v) is 19.9. The summed E-state index contributed by atoms with van der Waals surface area (Å²) in [7, 11) is 0. The van der Waals surface area contributed by atoms with Crippen molar-refractivity contribution in [2.75, 3.05) is 31.5 Å². The van der Waals surface area contributed by atoms with Crippen LogP contribution in [0.1, 0.15) is 22.7 Å². The molecule has 0 spiro atoms. The number of benzene rings is 3. The van der Waals surface area contributed by atoms with Crippen LogP contribution < -0.4 is 5.32 Å². The number of phenolic OH excluding ortho intramolecular Hbond substituents is 1. The third-order valence-corrected chi connectivity index (χ3v) is 6.77. The van der Waals surface area contributed by atoms with E-state index < -0.39 is 0 Å². The van der Waals surface area contributed by atoms with Crippen molar-refractivity contribution in [2.45, 2.75) is 19.5 Å². The van der Waals surface area contributed by atoms with E-state index in [-0.39, 0.29) is 17.7 Å². The summed E-state index contributed by atoms with van der Waals surface area (Å²) < 4.78 is 0. The summed E-state index contributed by atoms with van der Waals surface area (Å²) in [4.78, 5) is 22.5. The number of rotatable bonds is 6. The van der Waals surface area contributed by atoms with Gasteiger partial charge in [0.2, 0.25) is 5.91 Å². The molecule has 1 unspecified atom stereocenters. The lowest BCUT2D eigenvalue weighted by Crippen LogP contribution is -2.49. The van der Waals surface area contributed by atoms with Crippen LogP contribution in [0.4, 0.5) is 5.69 Å². The molecule has 1 aromatic heterocycles. The van der Waals surface area contributed by atoms with Gasteiger partial charge in [0.25, 0.3) is 0 Å². The Labute approximate surface area is 205 Å². The average Bonchev–Trinajstić information content (AvgIpc) is 2.89. The first-order valence-corrected chi connectivity index (χ1v) is 12.0. The predicted octanol–water partition coefficient (Wildman–Crippen LogP) is 4.75. The Hall–Kier alpha value is -3.74. The first kappa shape index (κ1) is 23.0. The molecule has 0 bridgehead atoms. The Morgan fingerprint density at radius 1 is 0.943 bits per heavy atom. The molecule has 35 heavy (non-hydrogen) atoms. The topological polar surface area (TPSA) is 68.7 Å². The van der Waals surface area contributed by atoms with Gasteiger partial charge in [0.1, 0.15) is 17.3 Å². The van der Waals surface area contributed by atoms with E-state index in [4.69, 9.17) is 0 Å². The van der Waals surface area contributed by atoms with Crippen LogP contribution in [-0.4, -0.2) is 52.0 Å². The standard InChI is InChI=1S/C29H30N4O2/c1-21-8-5-6-12-25(21)31-29(35)28(22-9-3-2-4-10-22)33-18-16-32(17-19-33)20-23-13-14-26(34)27-24(23)11-7-15-30-27/h2-15,28,34H,16-20H2,1H3,(H,31,35). The smallest absolute Gasteiger partial charge is 0.246 e. The van der Waals surface area contributed by atoms with Crippen LogP contribution in [0.3, 0.4) is 0 Å². The lowest BCUT2D eigenvalue weighted by Gasteiger charge is -2.39. The van der Waals surface area contributed by atoms with Crippen LogP contribution in [-0.2, 0) is 11.3 Å². The van der Waals surface area contributed by atoms with Crippen LogP contribution in [0.15, 0.2) is 85.1 Å². The Balaban J connectivity index is 1.31. The highest BCUT2D eigenvalue weighted by molar-refractivity contribution is 5.96. The minimum absolute atomic E-state index is 0.00504. The fourth-order valence-corrected chi connectivity index (χ4v) is 4.85. The third-order valence-electron chi connectivity index (χ3n) is 6.77. The molecule has 6 nitrogen and oxygen atoms in total. The number of hydrogen-bond acceptors (Lipinski definition) is 5. The number of anilines is 1. The Kier molecular flexibility index (Phi) is 6.75. The number of phenols is 1. The summed E-state index contributed by atoms with van der Waals surface area (Å²) in [6, 6.07) is 25.2. The lowest BCUT2D eigenvalue weighted by molar-refractivity contribution is -0.122. The number of amides is 1. The van der Waals surface area contributed by atoms with Gasteiger partial charge in [-0.3, -0.25) is 19.6 Å². The third kappa shape index (κ3) is 5.04. The average molecular weight is 467 g/mol. The van der Waals surface area contributed by atoms with Crippen LogP contribution in [0.2, 0.25) is 0 Å². The second-order valence-electron chi connectivity index (χ2n) is 9.07. The van der Waals surface area contributed by atoms with Crippen molar-refractivity contribution in [1.82, 2.24) is 14.8 Å². The number of carbonyl (C=O) groups excluding carboxylic acids is 1. The predicted molar refractivity (Wildman–Crippen MR) is 139 cm³/mol. The van der Waals surface area contributed by atoms with E-state index in [9.17, 15) is 9.90 Å². The van der Waals surface area contributed by atoms with Crippen LogP contribution in [0.5, 0.6) is 5.75 Å². The maximum absolute atomic E-state index is 13.5. The van der Waals surface area contributed by atoms with E-state index >= 15 is 0 Å². The van der Waals surface area contributed by atoms with Gasteiger partial charge in [-0.25, -0.2) is 0 Å². The van der Waals surface area contributed by atoms with E-state index in [0.717, 1.165) is 60.5 Å². The number of carbonyl (C=O) groups is 1. The molecule has 1 atom stereocenters. The molecule has 0 aliphatic carbocycles. The van der Waals surface area contributed by atoms with Gasteiger partial charge in [0.15, 0.2) is 0 Å². The number of nitrogens with one attached hydrogen (secondary N) is 1. The molecule has 3 aromatic carbocycles. The molecule has 2 N–H and O–H groups in total. The van der Waals surface area contributed by atoms with E-state index in [2.05, 4.69) is 20.1 Å². The summed E-state index contributed by atoms with van der Waals surface area (Å²) in [5.74, 6) is 0.203. The van der Waals surface area contributed by atoms with Gasteiger partial charge in [-0.1, -0.05) is 60.7 Å². The minimum atomic E-state index is -0.350. The second kappa shape index (κ2) is 10.3. The maximum atomic E-state index is 13.5. The van der Waals surface area contributed by atoms with Crippen molar-refractivity contribution in [3.05, 3.63) is 102 Å². The van der Waals surface area contributed by atoms with Crippen LogP contribution in [0.25, 0.3) is 10.9 Å². The molecule has 1 amide bonds. The monoisotopic (exact) mass is 466 g/mol. The second-order valence-corrected chi connectivity index (χ2v) is 9.07. The zero-order chi connectivity index (χ0) is 24.2. The first-order chi connectivity index (χ1) is 17.1. The Bertz CT molecular complexity index is 1320. The van der Waals surface area contributed by atoms with Crippen molar-refractivity contribution in [1.29, 1.82) is 0 Å². The van der Waals surface area contributed by atoms with Gasteiger partial charge in [0.05, 0.1) is 0 Å². The normalized spacial score (nSPS) is 15.7. The van der Waals surface area contributed by atoms with Crippen molar-refractivity contribution in [3.63, 3.8) is 0 Å². The SMILES string of the molecule is Cc1ccccc1NC(=O)C(c1ccccc1)N1CCN(Cc2ccc(O)c3ncccc23)CC1. The van der Waals surface area contributed by atoms with Gasteiger partial charge in [-0.15, -0.1) is 0 Å². The van der Waals surface area contributed by atoms with E-state index in [0.29, 0.717) is 5.52 Å². The molecule has 1 saturated heterocycles. The highest BCUT2D eigenvalue weighted by Crippen LogP contribution is 2.28. The summed E-state index contributed by atoms with van der Waals surface area (Å²) in [6.45, 7) is 6.06. The Morgan fingerprint density at radius 2 is 1.69 bits per heavy atom. The molecular weight excluding hydrogens is 436 g/mol. The maximum Gasteiger partial charge on any atom is 0.246 e. The van der Waals surface area contributed by atoms with Crippen molar-refractivity contribution in [2.24, 2.45) is 0 Å². The number of fused-ring (bicyclic) bond motifs is 1. The Morgan fingerprint density at radius 3 is 2.46 bits per heavy atom. The fraction of sp³-hybridized carbons (Fsp3) is 0.241. The summed E-state index contributed by atoms with van der Waals surface area (Å²) >= 11 is 0. The zero-order valence-electron chi connectivity index (χ0n) is 19.9. The van der Waals surface area contributed by atoms with Gasteiger partial charge in [0, 0.05) is 50.0 Å². The molecule has 2 heterocycles. The van der Waals surface area contributed by atoms with E-state index in [1.807, 2.05) is 79.7 Å². The summed E-state index contributed by atoms with van der Waals surface area (Å²) in [5, 5.41) is 14.3. The number of aromatic hydroxyl groups is 1. The molecule has 4 aromatic rings. The highest BCUT2D eigenvalue weighted by Gasteiger charge is 2.31. The number of hydrogen-bond donors (Lipinski definition) is 2. The molecule has 1 aliphatic rings. The minimum Gasteiger partial charge on any atom is -0.506 e. The van der Waals surface area contributed by atoms with Crippen molar-refractivity contribution < 1.29 is 9.90 Å². The summed E-state index contributed by atoms with van der Waals surface area (Å²) in [5.41, 5.74) is 4.69. The number of piperazine rings is 1. The summed E-state index contributed by atoms with van der Waals surface area (Å²) in [6.07, 6.45) is 1.70. The molecule has 5 rings (SSSR count). The molecular formula is C29H30N4O2. The quantitative estimate of drug-likeness (QED) is 0.429. The van der Waals surface area contributed by atoms with Crippen LogP contribution >= 0.6 is 0 Å². The number of aryl methyl sites for hydroxylation is 1. The van der Waals surface area contributed by atoms with E-state index in [1.54, 1.807) is 12.3 Å². The van der Waals surface area contributed by atoms with E-state index in [1.165, 1.54) is 0 Å². The number of pyridine rings is 1. The van der Waals surface area contributed by atoms with Gasteiger partial charge in [-0.05, 0) is 41.8 Å². The lowest BCUT2D eigenvalue weighted by atomic mass is 10.0. The molecule has 1 fully saturated rings. The first-order valence-electron chi connectivity index (χ1n) is 12.0. The number of aromatic nitrogens is 1. The fourth-order valence-electron chi connectivity index (χ4n) is 4.85. The largest absolute Gasteiger partial charge is 0.506 e. The van der Waals surface area contributed by atoms with Gasteiger partial charge >= 0.3 is 0 Å². The highest BCUT2D eigenvalue weighted by atomic mass is 16.3. The molecule has 1 aliphatic heterocycles. The van der Waals surface area contributed by atoms with Crippen LogP contribution in [0, 0.1) is 6.92 Å². The number of nitrogens with zero attached hydrogens (tertiary/aromatic N) is 3. The van der Waals surface area contributed by atoms with Gasteiger partial charge in [-0.2, -0.15) is 0 Å². The number of para-hydroxylation sites is 1. The molecule has 178 valence electrons. The van der Waals surface area contributed by atoms with Crippen molar-refractivity contribution in [3.8, 4) is 5.75 Å². The van der Waals surface area contributed by atoms with Gasteiger partial charge < -0.3 is 10.4 Å². The molecule has 0 saturated carbocycles. The molecule has 6 heteroatoms. The van der Waals surface area contributed by atoms with Crippen molar-refractivity contribution >= 4 is 22.5 Å².